The van der Waals surface area contributed by atoms with Crippen molar-refractivity contribution in [3.8, 4) is 5.75 Å². The summed E-state index contributed by atoms with van der Waals surface area (Å²) < 4.78 is 5.55. The molecule has 0 bridgehead atoms. The topological polar surface area (TPSA) is 64.3 Å². The summed E-state index contributed by atoms with van der Waals surface area (Å²) in [7, 11) is 1.62. The number of carbonyl (C=O) groups is 1. The van der Waals surface area contributed by atoms with E-state index in [9.17, 15) is 4.79 Å². The molecule has 19 heavy (non-hydrogen) atoms. The number of hydrogen-bond acceptors (Lipinski definition) is 3. The van der Waals surface area contributed by atoms with Crippen LogP contribution in [0, 0.1) is 0 Å². The molecule has 1 atom stereocenters. The van der Waals surface area contributed by atoms with Gasteiger partial charge in [0, 0.05) is 19.5 Å². The summed E-state index contributed by atoms with van der Waals surface area (Å²) in [5.74, 6) is 0.661. The zero-order valence-corrected chi connectivity index (χ0v) is 12.2. The highest BCUT2D eigenvalue weighted by Gasteiger charge is 2.05. The van der Waals surface area contributed by atoms with Crippen molar-refractivity contribution >= 4 is 17.5 Å². The van der Waals surface area contributed by atoms with Gasteiger partial charge in [-0.25, -0.2) is 0 Å². The second-order valence-corrected chi connectivity index (χ2v) is 4.98. The van der Waals surface area contributed by atoms with Crippen molar-refractivity contribution in [1.29, 1.82) is 0 Å². The number of nitrogens with one attached hydrogen (secondary N) is 1. The Morgan fingerprint density at radius 2 is 2.26 bits per heavy atom. The molecular weight excluding hydrogens is 264 g/mol. The van der Waals surface area contributed by atoms with E-state index in [1.165, 1.54) is 0 Å². The third-order valence-corrected chi connectivity index (χ3v) is 2.93. The van der Waals surface area contributed by atoms with Crippen LogP contribution in [0.4, 0.5) is 0 Å². The fourth-order valence-corrected chi connectivity index (χ4v) is 1.96. The Kier molecular flexibility index (Phi) is 6.67. The third kappa shape index (κ3) is 5.94. The van der Waals surface area contributed by atoms with Crippen LogP contribution < -0.4 is 15.8 Å². The fraction of sp³-hybridized carbons (Fsp3) is 0.500. The minimum Gasteiger partial charge on any atom is -0.492 e. The minimum atomic E-state index is 0.0157. The molecule has 0 saturated carbocycles. The predicted molar refractivity (Wildman–Crippen MR) is 77.6 cm³/mol. The minimum absolute atomic E-state index is 0.0157. The standard InChI is InChI=1S/C14H21ClN2O2/c1-10(16)8-11-5-6-13(12(15)9-11)19-7-3-4-14(18)17-2/h5-6,9-10H,3-4,7-8,16H2,1-2H3,(H,17,18). The Morgan fingerprint density at radius 1 is 1.53 bits per heavy atom. The summed E-state index contributed by atoms with van der Waals surface area (Å²) in [5, 5.41) is 3.15. The van der Waals surface area contributed by atoms with Crippen LogP contribution in [0.25, 0.3) is 0 Å². The van der Waals surface area contributed by atoms with Crippen molar-refractivity contribution in [2.75, 3.05) is 13.7 Å². The SMILES string of the molecule is CNC(=O)CCCOc1ccc(CC(C)N)cc1Cl. The van der Waals surface area contributed by atoms with Gasteiger partial charge in [-0.05, 0) is 37.5 Å². The molecule has 0 radical (unpaired) electrons. The van der Waals surface area contributed by atoms with Crippen molar-refractivity contribution in [1.82, 2.24) is 5.32 Å². The number of hydrogen-bond donors (Lipinski definition) is 2. The Labute approximate surface area is 119 Å². The van der Waals surface area contributed by atoms with Crippen molar-refractivity contribution in [2.45, 2.75) is 32.2 Å². The van der Waals surface area contributed by atoms with Gasteiger partial charge in [0.05, 0.1) is 11.6 Å². The molecule has 0 heterocycles. The summed E-state index contributed by atoms with van der Waals surface area (Å²) in [6.07, 6.45) is 1.91. The molecule has 1 unspecified atom stereocenters. The van der Waals surface area contributed by atoms with Crippen LogP contribution in [0.2, 0.25) is 5.02 Å². The van der Waals surface area contributed by atoms with Crippen LogP contribution in [0.3, 0.4) is 0 Å². The number of nitrogens with two attached hydrogens (primary N) is 1. The van der Waals surface area contributed by atoms with Crippen LogP contribution in [-0.4, -0.2) is 25.6 Å². The van der Waals surface area contributed by atoms with E-state index in [-0.39, 0.29) is 11.9 Å². The summed E-state index contributed by atoms with van der Waals surface area (Å²) in [5.41, 5.74) is 6.84. The summed E-state index contributed by atoms with van der Waals surface area (Å²) in [4.78, 5) is 11.0. The maximum Gasteiger partial charge on any atom is 0.219 e. The maximum atomic E-state index is 11.0. The Bertz CT molecular complexity index is 422. The van der Waals surface area contributed by atoms with E-state index in [1.54, 1.807) is 7.05 Å². The largest absolute Gasteiger partial charge is 0.492 e. The van der Waals surface area contributed by atoms with E-state index in [0.717, 1.165) is 12.0 Å². The first kappa shape index (κ1) is 15.8. The first-order valence-corrected chi connectivity index (χ1v) is 6.78. The van der Waals surface area contributed by atoms with Gasteiger partial charge in [-0.3, -0.25) is 4.79 Å². The van der Waals surface area contributed by atoms with Crippen LogP contribution in [-0.2, 0) is 11.2 Å². The molecule has 0 aliphatic heterocycles. The average molecular weight is 285 g/mol. The molecule has 0 spiro atoms. The quantitative estimate of drug-likeness (QED) is 0.754. The van der Waals surface area contributed by atoms with Crippen LogP contribution in [0.5, 0.6) is 5.75 Å². The maximum absolute atomic E-state index is 11.0. The highest BCUT2D eigenvalue weighted by Crippen LogP contribution is 2.26. The number of halogens is 1. The lowest BCUT2D eigenvalue weighted by molar-refractivity contribution is -0.120. The van der Waals surface area contributed by atoms with E-state index in [0.29, 0.717) is 30.2 Å². The molecule has 5 heteroatoms. The zero-order valence-electron chi connectivity index (χ0n) is 11.4. The van der Waals surface area contributed by atoms with E-state index < -0.39 is 0 Å². The molecular formula is C14H21ClN2O2. The van der Waals surface area contributed by atoms with E-state index >= 15 is 0 Å². The van der Waals surface area contributed by atoms with Crippen molar-refractivity contribution in [3.05, 3.63) is 28.8 Å². The molecule has 1 rings (SSSR count). The first-order valence-electron chi connectivity index (χ1n) is 6.40. The van der Waals surface area contributed by atoms with Gasteiger partial charge in [-0.2, -0.15) is 0 Å². The molecule has 1 aromatic rings. The zero-order chi connectivity index (χ0) is 14.3. The third-order valence-electron chi connectivity index (χ3n) is 2.64. The fourth-order valence-electron chi connectivity index (χ4n) is 1.70. The van der Waals surface area contributed by atoms with Crippen molar-refractivity contribution in [2.24, 2.45) is 5.73 Å². The Hall–Kier alpha value is -1.26. The predicted octanol–water partition coefficient (Wildman–Crippen LogP) is 2.13. The summed E-state index contributed by atoms with van der Waals surface area (Å²) in [6, 6.07) is 5.79. The number of carbonyl (C=O) groups excluding carboxylic acids is 1. The lowest BCUT2D eigenvalue weighted by Gasteiger charge is -2.10. The van der Waals surface area contributed by atoms with Gasteiger partial charge in [-0.15, -0.1) is 0 Å². The molecule has 0 aliphatic rings. The second-order valence-electron chi connectivity index (χ2n) is 4.57. The summed E-state index contributed by atoms with van der Waals surface area (Å²) >= 11 is 6.14. The van der Waals surface area contributed by atoms with Gasteiger partial charge in [-0.1, -0.05) is 17.7 Å². The van der Waals surface area contributed by atoms with Gasteiger partial charge >= 0.3 is 0 Å². The normalized spacial score (nSPS) is 12.0. The monoisotopic (exact) mass is 284 g/mol. The number of amides is 1. The Morgan fingerprint density at radius 3 is 2.84 bits per heavy atom. The molecule has 106 valence electrons. The molecule has 1 aromatic carbocycles. The van der Waals surface area contributed by atoms with E-state index in [1.807, 2.05) is 25.1 Å². The van der Waals surface area contributed by atoms with Gasteiger partial charge in [0.1, 0.15) is 5.75 Å². The first-order chi connectivity index (χ1) is 9.02. The van der Waals surface area contributed by atoms with Gasteiger partial charge < -0.3 is 15.8 Å². The molecule has 4 nitrogen and oxygen atoms in total. The molecule has 0 aromatic heterocycles. The van der Waals surface area contributed by atoms with Gasteiger partial charge in [0.25, 0.3) is 0 Å². The summed E-state index contributed by atoms with van der Waals surface area (Å²) in [6.45, 7) is 2.43. The number of rotatable bonds is 7. The van der Waals surface area contributed by atoms with Crippen LogP contribution >= 0.6 is 11.6 Å². The van der Waals surface area contributed by atoms with Crippen LogP contribution in [0.15, 0.2) is 18.2 Å². The van der Waals surface area contributed by atoms with Gasteiger partial charge in [0.2, 0.25) is 5.91 Å². The molecule has 0 saturated heterocycles. The second kappa shape index (κ2) is 8.02. The highest BCUT2D eigenvalue weighted by molar-refractivity contribution is 6.32. The molecule has 0 aliphatic carbocycles. The van der Waals surface area contributed by atoms with E-state index in [4.69, 9.17) is 22.1 Å². The molecule has 1 amide bonds. The smallest absolute Gasteiger partial charge is 0.219 e. The number of benzene rings is 1. The van der Waals surface area contributed by atoms with E-state index in [2.05, 4.69) is 5.32 Å². The number of ether oxygens (including phenoxy) is 1. The average Bonchev–Trinajstić information content (AvgIpc) is 2.35. The molecule has 3 N–H and O–H groups in total. The highest BCUT2D eigenvalue weighted by atomic mass is 35.5. The van der Waals surface area contributed by atoms with Crippen LogP contribution in [0.1, 0.15) is 25.3 Å². The van der Waals surface area contributed by atoms with Crippen molar-refractivity contribution in [3.63, 3.8) is 0 Å². The lowest BCUT2D eigenvalue weighted by Crippen LogP contribution is -2.18. The lowest BCUT2D eigenvalue weighted by atomic mass is 10.1. The van der Waals surface area contributed by atoms with Crippen molar-refractivity contribution < 1.29 is 9.53 Å². The Balaban J connectivity index is 2.44. The molecule has 0 fully saturated rings. The van der Waals surface area contributed by atoms with Gasteiger partial charge in [0.15, 0.2) is 0 Å².